The summed E-state index contributed by atoms with van der Waals surface area (Å²) in [7, 11) is 0. The standard InChI is InChI=1S/C14H15BrN2S/c1-9-16-7-10(18-9)8-17-14-6-5-11-12(14)3-2-4-13(11)15/h2-4,7,14,17H,5-6,8H2,1H3. The van der Waals surface area contributed by atoms with E-state index < -0.39 is 0 Å². The van der Waals surface area contributed by atoms with Gasteiger partial charge >= 0.3 is 0 Å². The second-order valence-corrected chi connectivity index (χ2v) is 6.80. The molecule has 1 N–H and O–H groups in total. The molecular formula is C14H15BrN2S. The number of benzene rings is 1. The van der Waals surface area contributed by atoms with Crippen LogP contribution in [-0.2, 0) is 13.0 Å². The average Bonchev–Trinajstić information content (AvgIpc) is 2.94. The lowest BCUT2D eigenvalue weighted by Gasteiger charge is -2.13. The summed E-state index contributed by atoms with van der Waals surface area (Å²) in [5.74, 6) is 0. The van der Waals surface area contributed by atoms with Gasteiger partial charge in [-0.1, -0.05) is 28.1 Å². The Hall–Kier alpha value is -0.710. The minimum Gasteiger partial charge on any atom is -0.305 e. The maximum absolute atomic E-state index is 4.29. The first-order valence-corrected chi connectivity index (χ1v) is 7.77. The monoisotopic (exact) mass is 322 g/mol. The largest absolute Gasteiger partial charge is 0.305 e. The molecule has 1 heterocycles. The summed E-state index contributed by atoms with van der Waals surface area (Å²) in [5, 5.41) is 4.78. The lowest BCUT2D eigenvalue weighted by Crippen LogP contribution is -2.17. The molecule has 0 spiro atoms. The Balaban J connectivity index is 1.71. The van der Waals surface area contributed by atoms with Crippen molar-refractivity contribution in [3.8, 4) is 0 Å². The third kappa shape index (κ3) is 2.37. The summed E-state index contributed by atoms with van der Waals surface area (Å²) in [4.78, 5) is 5.61. The third-order valence-corrected chi connectivity index (χ3v) is 5.06. The Morgan fingerprint density at radius 2 is 2.39 bits per heavy atom. The van der Waals surface area contributed by atoms with E-state index in [9.17, 15) is 0 Å². The number of aryl methyl sites for hydroxylation is 1. The number of nitrogens with one attached hydrogen (secondary N) is 1. The number of thiazole rings is 1. The van der Waals surface area contributed by atoms with Crippen LogP contribution in [0, 0.1) is 6.92 Å². The molecule has 1 aromatic carbocycles. The molecule has 0 radical (unpaired) electrons. The van der Waals surface area contributed by atoms with Gasteiger partial charge in [0.25, 0.3) is 0 Å². The first-order chi connectivity index (χ1) is 8.74. The predicted molar refractivity (Wildman–Crippen MR) is 78.9 cm³/mol. The summed E-state index contributed by atoms with van der Waals surface area (Å²) >= 11 is 5.41. The van der Waals surface area contributed by atoms with Gasteiger partial charge in [0.1, 0.15) is 0 Å². The highest BCUT2D eigenvalue weighted by atomic mass is 79.9. The molecule has 0 amide bonds. The molecule has 0 saturated heterocycles. The molecule has 2 aromatic rings. The predicted octanol–water partition coefficient (Wildman–Crippen LogP) is 3.99. The van der Waals surface area contributed by atoms with E-state index in [4.69, 9.17) is 0 Å². The average molecular weight is 323 g/mol. The first kappa shape index (κ1) is 12.3. The normalized spacial score (nSPS) is 18.0. The minimum atomic E-state index is 0.486. The van der Waals surface area contributed by atoms with Gasteiger partial charge in [-0.2, -0.15) is 0 Å². The van der Waals surface area contributed by atoms with Gasteiger partial charge in [-0.3, -0.25) is 0 Å². The fourth-order valence-electron chi connectivity index (χ4n) is 2.53. The van der Waals surface area contributed by atoms with Crippen LogP contribution in [0.25, 0.3) is 0 Å². The van der Waals surface area contributed by atoms with Crippen LogP contribution in [-0.4, -0.2) is 4.98 Å². The molecule has 1 unspecified atom stereocenters. The zero-order chi connectivity index (χ0) is 12.5. The molecule has 1 atom stereocenters. The number of hydrogen-bond donors (Lipinski definition) is 1. The van der Waals surface area contributed by atoms with Gasteiger partial charge in [0.05, 0.1) is 5.01 Å². The molecule has 0 fully saturated rings. The van der Waals surface area contributed by atoms with E-state index in [1.807, 2.05) is 6.20 Å². The highest BCUT2D eigenvalue weighted by Crippen LogP contribution is 2.35. The van der Waals surface area contributed by atoms with Crippen molar-refractivity contribution in [2.75, 3.05) is 0 Å². The van der Waals surface area contributed by atoms with Crippen molar-refractivity contribution in [3.63, 3.8) is 0 Å². The van der Waals surface area contributed by atoms with Crippen LogP contribution in [0.2, 0.25) is 0 Å². The van der Waals surface area contributed by atoms with E-state index >= 15 is 0 Å². The number of rotatable bonds is 3. The summed E-state index contributed by atoms with van der Waals surface area (Å²) in [5.41, 5.74) is 2.92. The van der Waals surface area contributed by atoms with Crippen molar-refractivity contribution >= 4 is 27.3 Å². The van der Waals surface area contributed by atoms with Gasteiger partial charge in [0.2, 0.25) is 0 Å². The quantitative estimate of drug-likeness (QED) is 0.924. The number of hydrogen-bond acceptors (Lipinski definition) is 3. The molecule has 1 aromatic heterocycles. The summed E-state index contributed by atoms with van der Waals surface area (Å²) in [6, 6.07) is 6.98. The van der Waals surface area contributed by atoms with Gasteiger partial charge in [0, 0.05) is 28.1 Å². The van der Waals surface area contributed by atoms with Gasteiger partial charge < -0.3 is 5.32 Å². The molecule has 2 nitrogen and oxygen atoms in total. The third-order valence-electron chi connectivity index (χ3n) is 3.41. The van der Waals surface area contributed by atoms with Crippen molar-refractivity contribution in [1.29, 1.82) is 0 Å². The minimum absolute atomic E-state index is 0.486. The zero-order valence-corrected chi connectivity index (χ0v) is 12.6. The van der Waals surface area contributed by atoms with E-state index in [2.05, 4.69) is 51.4 Å². The van der Waals surface area contributed by atoms with Gasteiger partial charge in [0.15, 0.2) is 0 Å². The van der Waals surface area contributed by atoms with Gasteiger partial charge in [-0.15, -0.1) is 11.3 Å². The van der Waals surface area contributed by atoms with Crippen LogP contribution in [0.4, 0.5) is 0 Å². The van der Waals surface area contributed by atoms with Crippen molar-refractivity contribution in [1.82, 2.24) is 10.3 Å². The fraction of sp³-hybridized carbons (Fsp3) is 0.357. The molecule has 94 valence electrons. The van der Waals surface area contributed by atoms with Crippen LogP contribution in [0.3, 0.4) is 0 Å². The Labute approximate surface area is 120 Å². The van der Waals surface area contributed by atoms with E-state index in [1.165, 1.54) is 26.9 Å². The van der Waals surface area contributed by atoms with Crippen molar-refractivity contribution in [2.24, 2.45) is 0 Å². The Kier molecular flexibility index (Phi) is 3.50. The highest BCUT2D eigenvalue weighted by Gasteiger charge is 2.23. The molecule has 0 aliphatic heterocycles. The second-order valence-electron chi connectivity index (χ2n) is 4.63. The van der Waals surface area contributed by atoms with Crippen LogP contribution in [0.5, 0.6) is 0 Å². The summed E-state index contributed by atoms with van der Waals surface area (Å²) in [6.07, 6.45) is 4.33. The molecule has 1 aliphatic carbocycles. The van der Waals surface area contributed by atoms with Crippen LogP contribution >= 0.6 is 27.3 Å². The molecule has 3 rings (SSSR count). The molecule has 0 saturated carbocycles. The topological polar surface area (TPSA) is 24.9 Å². The maximum Gasteiger partial charge on any atom is 0.0897 e. The van der Waals surface area contributed by atoms with Crippen molar-refractivity contribution < 1.29 is 0 Å². The number of halogens is 1. The SMILES string of the molecule is Cc1ncc(CNC2CCc3c(Br)cccc32)s1. The van der Waals surface area contributed by atoms with Crippen LogP contribution in [0.15, 0.2) is 28.9 Å². The van der Waals surface area contributed by atoms with E-state index in [1.54, 1.807) is 11.3 Å². The Morgan fingerprint density at radius 3 is 3.17 bits per heavy atom. The Bertz CT molecular complexity index is 565. The van der Waals surface area contributed by atoms with E-state index in [0.29, 0.717) is 6.04 Å². The van der Waals surface area contributed by atoms with Crippen LogP contribution < -0.4 is 5.32 Å². The Morgan fingerprint density at radius 1 is 1.50 bits per heavy atom. The maximum atomic E-state index is 4.29. The zero-order valence-electron chi connectivity index (χ0n) is 10.2. The number of aromatic nitrogens is 1. The summed E-state index contributed by atoms with van der Waals surface area (Å²) < 4.78 is 1.25. The first-order valence-electron chi connectivity index (χ1n) is 6.16. The number of nitrogens with zero attached hydrogens (tertiary/aromatic N) is 1. The number of fused-ring (bicyclic) bond motifs is 1. The lowest BCUT2D eigenvalue weighted by molar-refractivity contribution is 0.533. The molecule has 1 aliphatic rings. The lowest BCUT2D eigenvalue weighted by atomic mass is 10.1. The van der Waals surface area contributed by atoms with Crippen molar-refractivity contribution in [3.05, 3.63) is 49.9 Å². The molecule has 4 heteroatoms. The second kappa shape index (κ2) is 5.11. The van der Waals surface area contributed by atoms with E-state index in [-0.39, 0.29) is 0 Å². The fourth-order valence-corrected chi connectivity index (χ4v) is 3.86. The summed E-state index contributed by atoms with van der Waals surface area (Å²) in [6.45, 7) is 2.97. The molecule has 18 heavy (non-hydrogen) atoms. The van der Waals surface area contributed by atoms with Gasteiger partial charge in [-0.05, 0) is 37.0 Å². The van der Waals surface area contributed by atoms with Gasteiger partial charge in [-0.25, -0.2) is 4.98 Å². The molecule has 0 bridgehead atoms. The van der Waals surface area contributed by atoms with Crippen molar-refractivity contribution in [2.45, 2.75) is 32.4 Å². The van der Waals surface area contributed by atoms with Crippen LogP contribution in [0.1, 0.15) is 33.5 Å². The smallest absolute Gasteiger partial charge is 0.0897 e. The highest BCUT2D eigenvalue weighted by molar-refractivity contribution is 9.10. The molecular weight excluding hydrogens is 308 g/mol. The van der Waals surface area contributed by atoms with E-state index in [0.717, 1.165) is 18.0 Å².